The second kappa shape index (κ2) is 12.6. The number of aromatic nitrogens is 1. The van der Waals surface area contributed by atoms with E-state index in [4.69, 9.17) is 16.1 Å². The monoisotopic (exact) mass is 491 g/mol. The van der Waals surface area contributed by atoms with Gasteiger partial charge in [-0.1, -0.05) is 47.9 Å². The SMILES string of the molecule is CCc1cccc(CNC[C@@H](O)[C@H](Cc2cc(F)cc(F)c2)NC(=O)CCc2cc(Cl)no2)c1. The average molecular weight is 492 g/mol. The zero-order valence-corrected chi connectivity index (χ0v) is 19.6. The van der Waals surface area contributed by atoms with Crippen molar-refractivity contribution in [1.29, 1.82) is 0 Å². The van der Waals surface area contributed by atoms with Crippen molar-refractivity contribution in [1.82, 2.24) is 15.8 Å². The Balaban J connectivity index is 1.62. The first-order valence-corrected chi connectivity index (χ1v) is 11.5. The van der Waals surface area contributed by atoms with Gasteiger partial charge in [0.25, 0.3) is 0 Å². The molecule has 1 amide bonds. The summed E-state index contributed by atoms with van der Waals surface area (Å²) in [5, 5.41) is 20.5. The van der Waals surface area contributed by atoms with E-state index in [0.29, 0.717) is 17.9 Å². The summed E-state index contributed by atoms with van der Waals surface area (Å²) in [7, 11) is 0. The zero-order chi connectivity index (χ0) is 24.5. The fourth-order valence-electron chi connectivity index (χ4n) is 3.65. The summed E-state index contributed by atoms with van der Waals surface area (Å²) in [6.07, 6.45) is 0.334. The lowest BCUT2D eigenvalue weighted by atomic mass is 10.00. The van der Waals surface area contributed by atoms with Gasteiger partial charge in [0.05, 0.1) is 12.1 Å². The third kappa shape index (κ3) is 8.20. The van der Waals surface area contributed by atoms with Crippen LogP contribution in [0.5, 0.6) is 0 Å². The van der Waals surface area contributed by atoms with Crippen molar-refractivity contribution in [3.05, 3.63) is 87.8 Å². The molecule has 0 saturated heterocycles. The van der Waals surface area contributed by atoms with Gasteiger partial charge >= 0.3 is 0 Å². The molecule has 182 valence electrons. The average Bonchev–Trinajstić information content (AvgIpc) is 3.22. The van der Waals surface area contributed by atoms with Gasteiger partial charge in [-0.2, -0.15) is 0 Å². The van der Waals surface area contributed by atoms with E-state index in [1.807, 2.05) is 12.1 Å². The van der Waals surface area contributed by atoms with Gasteiger partial charge in [0, 0.05) is 38.1 Å². The van der Waals surface area contributed by atoms with Crippen LogP contribution < -0.4 is 10.6 Å². The second-order valence-electron chi connectivity index (χ2n) is 8.14. The van der Waals surface area contributed by atoms with Crippen LogP contribution in [0.4, 0.5) is 8.78 Å². The molecule has 0 aliphatic carbocycles. The van der Waals surface area contributed by atoms with E-state index in [-0.39, 0.29) is 36.9 Å². The van der Waals surface area contributed by atoms with Crippen molar-refractivity contribution in [2.75, 3.05) is 6.54 Å². The number of benzene rings is 2. The molecular formula is C25H28ClF2N3O3. The number of carbonyl (C=O) groups is 1. The van der Waals surface area contributed by atoms with Crippen LogP contribution in [0.3, 0.4) is 0 Å². The van der Waals surface area contributed by atoms with Gasteiger partial charge in [-0.05, 0) is 41.7 Å². The molecular weight excluding hydrogens is 464 g/mol. The molecule has 0 radical (unpaired) electrons. The Labute approximate surface area is 202 Å². The summed E-state index contributed by atoms with van der Waals surface area (Å²) in [6, 6.07) is 12.0. The molecule has 34 heavy (non-hydrogen) atoms. The number of hydrogen-bond acceptors (Lipinski definition) is 5. The predicted molar refractivity (Wildman–Crippen MR) is 125 cm³/mol. The predicted octanol–water partition coefficient (Wildman–Crippen LogP) is 3.98. The van der Waals surface area contributed by atoms with Crippen LogP contribution >= 0.6 is 11.6 Å². The topological polar surface area (TPSA) is 87.4 Å². The minimum atomic E-state index is -0.996. The lowest BCUT2D eigenvalue weighted by molar-refractivity contribution is -0.122. The summed E-state index contributed by atoms with van der Waals surface area (Å²) >= 11 is 5.72. The minimum Gasteiger partial charge on any atom is -0.390 e. The molecule has 1 heterocycles. The normalized spacial score (nSPS) is 13.0. The van der Waals surface area contributed by atoms with Crippen LogP contribution in [0.1, 0.15) is 35.8 Å². The Morgan fingerprint density at radius 1 is 1.12 bits per heavy atom. The van der Waals surface area contributed by atoms with Crippen LogP contribution in [0.25, 0.3) is 0 Å². The Hall–Kier alpha value is -2.81. The molecule has 0 saturated carbocycles. The summed E-state index contributed by atoms with van der Waals surface area (Å²) in [5.41, 5.74) is 2.62. The Morgan fingerprint density at radius 2 is 1.85 bits per heavy atom. The van der Waals surface area contributed by atoms with E-state index < -0.39 is 23.8 Å². The molecule has 0 spiro atoms. The van der Waals surface area contributed by atoms with E-state index in [9.17, 15) is 18.7 Å². The van der Waals surface area contributed by atoms with Crippen LogP contribution in [-0.4, -0.2) is 34.9 Å². The van der Waals surface area contributed by atoms with Gasteiger partial charge in [0.15, 0.2) is 5.15 Å². The fourth-order valence-corrected chi connectivity index (χ4v) is 3.81. The molecule has 9 heteroatoms. The van der Waals surface area contributed by atoms with Gasteiger partial charge in [0.1, 0.15) is 17.4 Å². The second-order valence-corrected chi connectivity index (χ2v) is 8.53. The largest absolute Gasteiger partial charge is 0.390 e. The van der Waals surface area contributed by atoms with Crippen LogP contribution in [0.15, 0.2) is 53.1 Å². The minimum absolute atomic E-state index is 0.0583. The summed E-state index contributed by atoms with van der Waals surface area (Å²) in [4.78, 5) is 12.5. The Morgan fingerprint density at radius 3 is 2.53 bits per heavy atom. The number of halogens is 3. The Kier molecular flexibility index (Phi) is 9.56. The van der Waals surface area contributed by atoms with Gasteiger partial charge in [-0.15, -0.1) is 0 Å². The number of aliphatic hydroxyl groups excluding tert-OH is 1. The van der Waals surface area contributed by atoms with Crippen molar-refractivity contribution in [2.24, 2.45) is 0 Å². The highest BCUT2D eigenvalue weighted by atomic mass is 35.5. The lowest BCUT2D eigenvalue weighted by Crippen LogP contribution is -2.48. The number of nitrogens with zero attached hydrogens (tertiary/aromatic N) is 1. The fraction of sp³-hybridized carbons (Fsp3) is 0.360. The molecule has 3 aromatic rings. The number of aryl methyl sites for hydroxylation is 2. The third-order valence-electron chi connectivity index (χ3n) is 5.40. The number of rotatable bonds is 12. The maximum absolute atomic E-state index is 13.7. The van der Waals surface area contributed by atoms with Crippen molar-refractivity contribution >= 4 is 17.5 Å². The van der Waals surface area contributed by atoms with Crippen LogP contribution in [-0.2, 0) is 30.6 Å². The van der Waals surface area contributed by atoms with Crippen molar-refractivity contribution in [3.8, 4) is 0 Å². The molecule has 2 aromatic carbocycles. The first-order chi connectivity index (χ1) is 16.3. The van der Waals surface area contributed by atoms with Gasteiger partial charge < -0.3 is 20.3 Å². The number of nitrogens with one attached hydrogen (secondary N) is 2. The van der Waals surface area contributed by atoms with Crippen LogP contribution in [0.2, 0.25) is 5.15 Å². The van der Waals surface area contributed by atoms with Crippen molar-refractivity contribution < 1.29 is 23.2 Å². The number of carbonyl (C=O) groups excluding carboxylic acids is 1. The molecule has 0 aliphatic rings. The van der Waals surface area contributed by atoms with E-state index in [2.05, 4.69) is 34.8 Å². The van der Waals surface area contributed by atoms with Gasteiger partial charge in [-0.3, -0.25) is 4.79 Å². The molecule has 0 bridgehead atoms. The smallest absolute Gasteiger partial charge is 0.220 e. The maximum Gasteiger partial charge on any atom is 0.220 e. The molecule has 1 aromatic heterocycles. The summed E-state index contributed by atoms with van der Waals surface area (Å²) < 4.78 is 32.3. The highest BCUT2D eigenvalue weighted by Crippen LogP contribution is 2.14. The van der Waals surface area contributed by atoms with E-state index >= 15 is 0 Å². The highest BCUT2D eigenvalue weighted by Gasteiger charge is 2.22. The third-order valence-corrected chi connectivity index (χ3v) is 5.58. The van der Waals surface area contributed by atoms with E-state index in [1.54, 1.807) is 0 Å². The lowest BCUT2D eigenvalue weighted by Gasteiger charge is -2.25. The summed E-state index contributed by atoms with van der Waals surface area (Å²) in [5.74, 6) is -1.32. The summed E-state index contributed by atoms with van der Waals surface area (Å²) in [6.45, 7) is 2.79. The number of amides is 1. The van der Waals surface area contributed by atoms with Gasteiger partial charge in [-0.25, -0.2) is 8.78 Å². The van der Waals surface area contributed by atoms with E-state index in [0.717, 1.165) is 18.1 Å². The number of hydrogen-bond donors (Lipinski definition) is 3. The molecule has 3 N–H and O–H groups in total. The number of aliphatic hydroxyl groups is 1. The van der Waals surface area contributed by atoms with Gasteiger partial charge in [0.2, 0.25) is 5.91 Å². The van der Waals surface area contributed by atoms with E-state index in [1.165, 1.54) is 23.8 Å². The highest BCUT2D eigenvalue weighted by molar-refractivity contribution is 6.29. The first kappa shape index (κ1) is 25.8. The zero-order valence-electron chi connectivity index (χ0n) is 18.9. The van der Waals surface area contributed by atoms with Crippen molar-refractivity contribution in [3.63, 3.8) is 0 Å². The standard InChI is InChI=1S/C25H28ClF2N3O3/c1-2-16-4-3-5-17(8-16)14-29-15-23(32)22(11-18-9-19(27)12-20(28)10-18)30-25(33)7-6-21-13-24(26)31-34-21/h3-5,8-10,12-13,22-23,29,32H,2,6-7,11,14-15H2,1H3,(H,30,33)/t22-,23+/m0/s1. The maximum atomic E-state index is 13.7. The van der Waals surface area contributed by atoms with Crippen LogP contribution in [0, 0.1) is 11.6 Å². The Bertz CT molecular complexity index is 1070. The molecule has 0 unspecified atom stereocenters. The quantitative estimate of drug-likeness (QED) is 0.357. The molecule has 6 nitrogen and oxygen atoms in total. The molecule has 3 rings (SSSR count). The molecule has 2 atom stereocenters. The van der Waals surface area contributed by atoms with Crippen molar-refractivity contribution in [2.45, 2.75) is 51.3 Å². The first-order valence-electron chi connectivity index (χ1n) is 11.1. The molecule has 0 fully saturated rings. The molecule has 0 aliphatic heterocycles.